The molecule has 1 aliphatic rings. The number of nitrogens with zero attached hydrogens (tertiary/aromatic N) is 3. The molecule has 1 aromatic heterocycles. The van der Waals surface area contributed by atoms with E-state index in [4.69, 9.17) is 4.52 Å². The highest BCUT2D eigenvalue weighted by molar-refractivity contribution is 9.10. The highest BCUT2D eigenvalue weighted by Crippen LogP contribution is 2.26. The van der Waals surface area contributed by atoms with Crippen LogP contribution in [0.4, 0.5) is 0 Å². The largest absolute Gasteiger partial charge is 0.356 e. The van der Waals surface area contributed by atoms with Gasteiger partial charge < -0.3 is 9.84 Å². The molecule has 1 aliphatic heterocycles. The minimum Gasteiger partial charge on any atom is -0.356 e. The molecule has 0 saturated carbocycles. The molecule has 3 rings (SSSR count). The molecule has 3 amide bonds. The van der Waals surface area contributed by atoms with E-state index in [1.54, 1.807) is 25.1 Å². The van der Waals surface area contributed by atoms with Crippen LogP contribution >= 0.6 is 15.9 Å². The summed E-state index contributed by atoms with van der Waals surface area (Å²) in [7, 11) is 0. The smallest absolute Gasteiger partial charge is 0.261 e. The molecule has 1 N–H and O–H groups in total. The third-order valence-corrected chi connectivity index (χ3v) is 4.67. The van der Waals surface area contributed by atoms with Gasteiger partial charge in [-0.2, -0.15) is 4.98 Å². The first-order valence-corrected chi connectivity index (χ1v) is 9.46. The standard InChI is InChI=1S/C18H19BrN4O4/c1-11-21-16(27-22-11)5-2-8-20-15(24)4-3-9-23-17(25)13-7-6-12(19)10-14(13)18(23)26/h6-7,10H,2-5,8-9H2,1H3,(H,20,24). The summed E-state index contributed by atoms with van der Waals surface area (Å²) in [6.07, 6.45) is 1.96. The Morgan fingerprint density at radius 1 is 1.22 bits per heavy atom. The average molecular weight is 435 g/mol. The van der Waals surface area contributed by atoms with Gasteiger partial charge in [-0.1, -0.05) is 21.1 Å². The number of halogens is 1. The van der Waals surface area contributed by atoms with Gasteiger partial charge in [0.15, 0.2) is 5.82 Å². The Labute approximate surface area is 164 Å². The summed E-state index contributed by atoms with van der Waals surface area (Å²) in [5.74, 6) is 0.411. The zero-order valence-electron chi connectivity index (χ0n) is 14.8. The van der Waals surface area contributed by atoms with E-state index in [1.807, 2.05) is 0 Å². The molecule has 142 valence electrons. The lowest BCUT2D eigenvalue weighted by Crippen LogP contribution is -2.32. The molecule has 0 saturated heterocycles. The van der Waals surface area contributed by atoms with Crippen molar-refractivity contribution >= 4 is 33.7 Å². The van der Waals surface area contributed by atoms with Crippen LogP contribution in [0.2, 0.25) is 0 Å². The van der Waals surface area contributed by atoms with Crippen LogP contribution in [0.5, 0.6) is 0 Å². The maximum atomic E-state index is 12.3. The lowest BCUT2D eigenvalue weighted by molar-refractivity contribution is -0.121. The third-order valence-electron chi connectivity index (χ3n) is 4.18. The molecule has 0 bridgehead atoms. The Morgan fingerprint density at radius 2 is 2.00 bits per heavy atom. The molecule has 0 fully saturated rings. The van der Waals surface area contributed by atoms with Gasteiger partial charge in [0.1, 0.15) is 0 Å². The van der Waals surface area contributed by atoms with Crippen molar-refractivity contribution in [3.05, 3.63) is 45.5 Å². The number of imide groups is 1. The molecule has 2 aromatic rings. The van der Waals surface area contributed by atoms with E-state index in [9.17, 15) is 14.4 Å². The van der Waals surface area contributed by atoms with E-state index in [1.165, 1.54) is 4.90 Å². The second-order valence-electron chi connectivity index (χ2n) is 6.24. The minimum absolute atomic E-state index is 0.115. The Balaban J connectivity index is 1.38. The lowest BCUT2D eigenvalue weighted by atomic mass is 10.1. The van der Waals surface area contributed by atoms with Crippen molar-refractivity contribution < 1.29 is 18.9 Å². The van der Waals surface area contributed by atoms with Crippen molar-refractivity contribution in [3.8, 4) is 0 Å². The van der Waals surface area contributed by atoms with Crippen LogP contribution in [0, 0.1) is 6.92 Å². The van der Waals surface area contributed by atoms with E-state index in [0.29, 0.717) is 48.6 Å². The van der Waals surface area contributed by atoms with Gasteiger partial charge in [0.25, 0.3) is 11.8 Å². The number of hydrogen-bond donors (Lipinski definition) is 1. The van der Waals surface area contributed by atoms with Crippen molar-refractivity contribution in [2.24, 2.45) is 0 Å². The molecule has 0 aliphatic carbocycles. The quantitative estimate of drug-likeness (QED) is 0.504. The van der Waals surface area contributed by atoms with E-state index >= 15 is 0 Å². The lowest BCUT2D eigenvalue weighted by Gasteiger charge is -2.13. The predicted octanol–water partition coefficient (Wildman–Crippen LogP) is 2.27. The number of nitrogens with one attached hydrogen (secondary N) is 1. The minimum atomic E-state index is -0.313. The van der Waals surface area contributed by atoms with Crippen molar-refractivity contribution in [1.82, 2.24) is 20.4 Å². The first-order chi connectivity index (χ1) is 13.0. The summed E-state index contributed by atoms with van der Waals surface area (Å²) >= 11 is 3.30. The van der Waals surface area contributed by atoms with Crippen LogP contribution < -0.4 is 5.32 Å². The van der Waals surface area contributed by atoms with E-state index < -0.39 is 0 Å². The highest BCUT2D eigenvalue weighted by atomic mass is 79.9. The van der Waals surface area contributed by atoms with Gasteiger partial charge in [0.2, 0.25) is 11.8 Å². The van der Waals surface area contributed by atoms with Crippen LogP contribution in [-0.4, -0.2) is 45.9 Å². The zero-order chi connectivity index (χ0) is 19.4. The number of amides is 3. The second kappa shape index (κ2) is 8.43. The topological polar surface area (TPSA) is 105 Å². The number of hydrogen-bond acceptors (Lipinski definition) is 6. The number of carbonyl (C=O) groups is 3. The van der Waals surface area contributed by atoms with Crippen LogP contribution in [0.15, 0.2) is 27.2 Å². The monoisotopic (exact) mass is 434 g/mol. The fourth-order valence-corrected chi connectivity index (χ4v) is 3.22. The maximum Gasteiger partial charge on any atom is 0.261 e. The number of aryl methyl sites for hydroxylation is 2. The summed E-state index contributed by atoms with van der Waals surface area (Å²) in [6.45, 7) is 2.47. The molecule has 8 nitrogen and oxygen atoms in total. The Kier molecular flexibility index (Phi) is 6.00. The van der Waals surface area contributed by atoms with Crippen LogP contribution in [0.1, 0.15) is 51.7 Å². The molecule has 2 heterocycles. The molecule has 0 atom stereocenters. The number of benzene rings is 1. The van der Waals surface area contributed by atoms with E-state index in [-0.39, 0.29) is 30.7 Å². The number of rotatable bonds is 8. The molecule has 0 radical (unpaired) electrons. The molecular formula is C18H19BrN4O4. The van der Waals surface area contributed by atoms with Crippen molar-refractivity contribution in [1.29, 1.82) is 0 Å². The SMILES string of the molecule is Cc1noc(CCCNC(=O)CCCN2C(=O)c3ccc(Br)cc3C2=O)n1. The predicted molar refractivity (Wildman–Crippen MR) is 99.1 cm³/mol. The zero-order valence-corrected chi connectivity index (χ0v) is 16.4. The van der Waals surface area contributed by atoms with Crippen LogP contribution in [0.3, 0.4) is 0 Å². The van der Waals surface area contributed by atoms with Crippen LogP contribution in [-0.2, 0) is 11.2 Å². The molecule has 0 unspecified atom stereocenters. The first-order valence-electron chi connectivity index (χ1n) is 8.67. The summed E-state index contributed by atoms with van der Waals surface area (Å²) in [5, 5.41) is 6.51. The summed E-state index contributed by atoms with van der Waals surface area (Å²) in [4.78, 5) is 41.8. The van der Waals surface area contributed by atoms with Crippen molar-refractivity contribution in [2.45, 2.75) is 32.6 Å². The molecular weight excluding hydrogens is 416 g/mol. The molecule has 9 heteroatoms. The summed E-state index contributed by atoms with van der Waals surface area (Å²) in [6, 6.07) is 5.01. The molecule has 1 aromatic carbocycles. The highest BCUT2D eigenvalue weighted by Gasteiger charge is 2.35. The van der Waals surface area contributed by atoms with Gasteiger partial charge >= 0.3 is 0 Å². The van der Waals surface area contributed by atoms with Crippen molar-refractivity contribution in [2.75, 3.05) is 13.1 Å². The summed E-state index contributed by atoms with van der Waals surface area (Å²) in [5.41, 5.74) is 0.805. The van der Waals surface area contributed by atoms with Crippen LogP contribution in [0.25, 0.3) is 0 Å². The van der Waals surface area contributed by atoms with Gasteiger partial charge in [-0.05, 0) is 38.0 Å². The van der Waals surface area contributed by atoms with Gasteiger partial charge in [-0.15, -0.1) is 0 Å². The van der Waals surface area contributed by atoms with Gasteiger partial charge in [-0.25, -0.2) is 0 Å². The maximum absolute atomic E-state index is 12.3. The number of carbonyl (C=O) groups excluding carboxylic acids is 3. The van der Waals surface area contributed by atoms with E-state index in [2.05, 4.69) is 31.4 Å². The Hall–Kier alpha value is -2.55. The molecule has 27 heavy (non-hydrogen) atoms. The van der Waals surface area contributed by atoms with Gasteiger partial charge in [0, 0.05) is 30.4 Å². The van der Waals surface area contributed by atoms with E-state index in [0.717, 1.165) is 4.47 Å². The normalized spacial score (nSPS) is 13.2. The van der Waals surface area contributed by atoms with Gasteiger partial charge in [-0.3, -0.25) is 19.3 Å². The fourth-order valence-electron chi connectivity index (χ4n) is 2.86. The first kappa shape index (κ1) is 19.2. The second-order valence-corrected chi connectivity index (χ2v) is 7.16. The Morgan fingerprint density at radius 3 is 2.74 bits per heavy atom. The average Bonchev–Trinajstić information content (AvgIpc) is 3.15. The third kappa shape index (κ3) is 4.60. The number of aromatic nitrogens is 2. The fraction of sp³-hybridized carbons (Fsp3) is 0.389. The Bertz CT molecular complexity index is 880. The number of fused-ring (bicyclic) bond motifs is 1. The summed E-state index contributed by atoms with van der Waals surface area (Å²) < 4.78 is 5.75. The van der Waals surface area contributed by atoms with Crippen molar-refractivity contribution in [3.63, 3.8) is 0 Å². The molecule has 0 spiro atoms. The van der Waals surface area contributed by atoms with Gasteiger partial charge in [0.05, 0.1) is 11.1 Å².